The second-order valence-corrected chi connectivity index (χ2v) is 8.01. The van der Waals surface area contributed by atoms with E-state index in [1.54, 1.807) is 4.90 Å². The molecule has 7 nitrogen and oxygen atoms in total. The first kappa shape index (κ1) is 17.2. The monoisotopic (exact) mass is 356 g/mol. The molecule has 2 fully saturated rings. The lowest BCUT2D eigenvalue weighted by Gasteiger charge is -2.47. The molecule has 3 amide bonds. The van der Waals surface area contributed by atoms with Crippen LogP contribution in [0.4, 0.5) is 0 Å². The minimum absolute atomic E-state index is 0.104. The van der Waals surface area contributed by atoms with Gasteiger partial charge in [0.2, 0.25) is 11.8 Å². The molecule has 3 heterocycles. The molecule has 3 aliphatic rings. The van der Waals surface area contributed by atoms with Crippen LogP contribution in [0.3, 0.4) is 0 Å². The van der Waals surface area contributed by atoms with E-state index in [0.29, 0.717) is 26.1 Å². The average molecular weight is 356 g/mol. The Labute approximate surface area is 152 Å². The van der Waals surface area contributed by atoms with E-state index in [9.17, 15) is 14.4 Å². The fourth-order valence-corrected chi connectivity index (χ4v) is 4.34. The minimum atomic E-state index is -0.565. The molecule has 1 unspecified atom stereocenters. The zero-order valence-corrected chi connectivity index (χ0v) is 15.0. The van der Waals surface area contributed by atoms with Crippen molar-refractivity contribution in [2.45, 2.75) is 38.9 Å². The quantitative estimate of drug-likeness (QED) is 0.753. The van der Waals surface area contributed by atoms with Crippen LogP contribution < -0.4 is 11.1 Å². The fraction of sp³-hybridized carbons (Fsp3) is 0.526. The van der Waals surface area contributed by atoms with Gasteiger partial charge in [0.1, 0.15) is 6.04 Å². The average Bonchev–Trinajstić information content (AvgIpc) is 2.91. The number of imide groups is 1. The Hall–Kier alpha value is -2.25. The van der Waals surface area contributed by atoms with Crippen molar-refractivity contribution in [2.24, 2.45) is 11.1 Å². The number of piperidine rings is 1. The van der Waals surface area contributed by atoms with Crippen molar-refractivity contribution in [3.8, 4) is 0 Å². The molecule has 0 saturated carbocycles. The second kappa shape index (κ2) is 6.17. The summed E-state index contributed by atoms with van der Waals surface area (Å²) in [6.45, 7) is 5.84. The molecule has 0 spiro atoms. The SMILES string of the molecule is CC1(CN)CN(Cc2cccc3c2C(=O)N(C2CCC(=O)NC2=O)C3)C1. The van der Waals surface area contributed by atoms with Crippen LogP contribution in [0, 0.1) is 5.41 Å². The highest BCUT2D eigenvalue weighted by atomic mass is 16.2. The van der Waals surface area contributed by atoms with E-state index in [1.807, 2.05) is 18.2 Å². The number of carbonyl (C=O) groups is 3. The molecule has 4 rings (SSSR count). The van der Waals surface area contributed by atoms with Crippen molar-refractivity contribution >= 4 is 17.7 Å². The van der Waals surface area contributed by atoms with E-state index in [-0.39, 0.29) is 29.6 Å². The number of benzene rings is 1. The van der Waals surface area contributed by atoms with Crippen LogP contribution in [-0.4, -0.2) is 53.2 Å². The summed E-state index contributed by atoms with van der Waals surface area (Å²) in [7, 11) is 0. The molecular formula is C19H24N4O3. The van der Waals surface area contributed by atoms with E-state index in [4.69, 9.17) is 5.73 Å². The van der Waals surface area contributed by atoms with Crippen molar-refractivity contribution in [1.29, 1.82) is 0 Å². The lowest BCUT2D eigenvalue weighted by molar-refractivity contribution is -0.136. The van der Waals surface area contributed by atoms with E-state index in [0.717, 1.165) is 29.8 Å². The van der Waals surface area contributed by atoms with E-state index in [1.165, 1.54) is 0 Å². The summed E-state index contributed by atoms with van der Waals surface area (Å²) in [6.07, 6.45) is 0.662. The number of nitrogens with zero attached hydrogens (tertiary/aromatic N) is 2. The van der Waals surface area contributed by atoms with Crippen LogP contribution in [0.5, 0.6) is 0 Å². The van der Waals surface area contributed by atoms with Gasteiger partial charge in [-0.25, -0.2) is 0 Å². The molecule has 0 bridgehead atoms. The summed E-state index contributed by atoms with van der Waals surface area (Å²) in [5.74, 6) is -0.741. The molecule has 1 atom stereocenters. The third-order valence-corrected chi connectivity index (χ3v) is 5.74. The van der Waals surface area contributed by atoms with Crippen molar-refractivity contribution in [3.05, 3.63) is 34.9 Å². The highest BCUT2D eigenvalue weighted by Crippen LogP contribution is 2.34. The van der Waals surface area contributed by atoms with Gasteiger partial charge in [-0.05, 0) is 17.5 Å². The molecule has 26 heavy (non-hydrogen) atoms. The molecule has 0 radical (unpaired) electrons. The molecule has 0 aliphatic carbocycles. The maximum atomic E-state index is 13.0. The van der Waals surface area contributed by atoms with Crippen LogP contribution >= 0.6 is 0 Å². The van der Waals surface area contributed by atoms with Gasteiger partial charge in [-0.2, -0.15) is 0 Å². The Morgan fingerprint density at radius 2 is 2.04 bits per heavy atom. The van der Waals surface area contributed by atoms with Gasteiger partial charge in [0.05, 0.1) is 0 Å². The van der Waals surface area contributed by atoms with Crippen LogP contribution in [-0.2, 0) is 22.7 Å². The van der Waals surface area contributed by atoms with Gasteiger partial charge in [-0.15, -0.1) is 0 Å². The van der Waals surface area contributed by atoms with Gasteiger partial charge < -0.3 is 10.6 Å². The maximum Gasteiger partial charge on any atom is 0.255 e. The highest BCUT2D eigenvalue weighted by Gasteiger charge is 2.41. The summed E-state index contributed by atoms with van der Waals surface area (Å²) in [5.41, 5.74) is 8.66. The summed E-state index contributed by atoms with van der Waals surface area (Å²) >= 11 is 0. The Bertz CT molecular complexity index is 785. The number of hydrogen-bond donors (Lipinski definition) is 2. The number of carbonyl (C=O) groups excluding carboxylic acids is 3. The van der Waals surface area contributed by atoms with Gasteiger partial charge in [0.15, 0.2) is 0 Å². The van der Waals surface area contributed by atoms with Crippen LogP contribution in [0.25, 0.3) is 0 Å². The van der Waals surface area contributed by atoms with Crippen molar-refractivity contribution in [2.75, 3.05) is 19.6 Å². The standard InChI is InChI=1S/C19H24N4O3/c1-19(9-20)10-22(11-19)7-12-3-2-4-13-8-23(18(26)16(12)13)14-5-6-15(24)21-17(14)25/h2-4,14H,5-11,20H2,1H3,(H,21,24,25). The third-order valence-electron chi connectivity index (χ3n) is 5.74. The molecule has 2 saturated heterocycles. The number of nitrogens with two attached hydrogens (primary N) is 1. The molecule has 138 valence electrons. The third kappa shape index (κ3) is 2.81. The number of likely N-dealkylation sites (tertiary alicyclic amines) is 1. The fourth-order valence-electron chi connectivity index (χ4n) is 4.34. The van der Waals surface area contributed by atoms with Gasteiger partial charge in [0.25, 0.3) is 5.91 Å². The lowest BCUT2D eigenvalue weighted by atomic mass is 9.81. The molecule has 0 aromatic heterocycles. The number of amides is 3. The largest absolute Gasteiger partial charge is 0.330 e. The van der Waals surface area contributed by atoms with Crippen LogP contribution in [0.15, 0.2) is 18.2 Å². The van der Waals surface area contributed by atoms with Crippen molar-refractivity contribution in [1.82, 2.24) is 15.1 Å². The van der Waals surface area contributed by atoms with Crippen LogP contribution in [0.1, 0.15) is 41.3 Å². The molecular weight excluding hydrogens is 332 g/mol. The number of nitrogens with one attached hydrogen (secondary N) is 1. The normalized spacial score (nSPS) is 25.1. The Morgan fingerprint density at radius 3 is 2.73 bits per heavy atom. The summed E-state index contributed by atoms with van der Waals surface area (Å²) in [4.78, 5) is 40.5. The molecule has 1 aromatic rings. The van der Waals surface area contributed by atoms with Gasteiger partial charge in [-0.3, -0.25) is 24.6 Å². The molecule has 3 aliphatic heterocycles. The zero-order chi connectivity index (χ0) is 18.5. The van der Waals surface area contributed by atoms with Gasteiger partial charge >= 0.3 is 0 Å². The van der Waals surface area contributed by atoms with Crippen LogP contribution in [0.2, 0.25) is 0 Å². The Balaban J connectivity index is 1.52. The highest BCUT2D eigenvalue weighted by molar-refractivity contribution is 6.05. The summed E-state index contributed by atoms with van der Waals surface area (Å²) in [5, 5.41) is 2.34. The smallest absolute Gasteiger partial charge is 0.255 e. The van der Waals surface area contributed by atoms with Crippen molar-refractivity contribution in [3.63, 3.8) is 0 Å². The van der Waals surface area contributed by atoms with Gasteiger partial charge in [0, 0.05) is 50.1 Å². The minimum Gasteiger partial charge on any atom is -0.330 e. The topological polar surface area (TPSA) is 95.7 Å². The first-order valence-electron chi connectivity index (χ1n) is 9.08. The predicted octanol–water partition coefficient (Wildman–Crippen LogP) is 0.228. The first-order valence-corrected chi connectivity index (χ1v) is 9.08. The van der Waals surface area contributed by atoms with Gasteiger partial charge in [-0.1, -0.05) is 25.1 Å². The Kier molecular flexibility index (Phi) is 4.08. The van der Waals surface area contributed by atoms with E-state index < -0.39 is 6.04 Å². The molecule has 3 N–H and O–H groups in total. The second-order valence-electron chi connectivity index (χ2n) is 8.01. The summed E-state index contributed by atoms with van der Waals surface area (Å²) < 4.78 is 0. The van der Waals surface area contributed by atoms with E-state index >= 15 is 0 Å². The van der Waals surface area contributed by atoms with Crippen molar-refractivity contribution < 1.29 is 14.4 Å². The lowest BCUT2D eigenvalue weighted by Crippen LogP contribution is -2.57. The first-order chi connectivity index (χ1) is 12.4. The zero-order valence-electron chi connectivity index (χ0n) is 15.0. The number of hydrogen-bond acceptors (Lipinski definition) is 5. The summed E-state index contributed by atoms with van der Waals surface area (Å²) in [6, 6.07) is 5.34. The number of fused-ring (bicyclic) bond motifs is 1. The Morgan fingerprint density at radius 1 is 1.27 bits per heavy atom. The van der Waals surface area contributed by atoms with E-state index in [2.05, 4.69) is 17.1 Å². The molecule has 1 aromatic carbocycles. The molecule has 7 heteroatoms. The maximum absolute atomic E-state index is 13.0. The predicted molar refractivity (Wildman–Crippen MR) is 94.9 cm³/mol. The number of rotatable bonds is 4.